The van der Waals surface area contributed by atoms with Gasteiger partial charge in [0, 0.05) is 19.4 Å². The zero-order chi connectivity index (χ0) is 33.3. The normalized spacial score (nSPS) is 14.1. The standard InChI is InChI=1S/C35H62NO8P/c1-3-5-7-9-11-13-15-16-18-20-22-24-26-28-35(38)44-33(32-43-45(39,40)42-30-29-36)31-41-34(37)27-25-23-21-19-17-14-12-10-8-6-4-2/h5,7,11,13,16,18,22,24,33H,3-4,6,8-10,12,14-15,17,19-21,23,25-32,36H2,1-2H3,(H,39,40)/b7-5-,13-11-,18-16-,24-22-. The van der Waals surface area contributed by atoms with E-state index in [1.807, 2.05) is 12.2 Å². The van der Waals surface area contributed by atoms with Gasteiger partial charge < -0.3 is 20.1 Å². The minimum absolute atomic E-state index is 0.0419. The van der Waals surface area contributed by atoms with Crippen LogP contribution in [0.4, 0.5) is 0 Å². The summed E-state index contributed by atoms with van der Waals surface area (Å²) in [4.78, 5) is 34.5. The topological polar surface area (TPSA) is 134 Å². The minimum Gasteiger partial charge on any atom is -0.462 e. The van der Waals surface area contributed by atoms with E-state index in [4.69, 9.17) is 24.3 Å². The van der Waals surface area contributed by atoms with Crippen molar-refractivity contribution in [2.45, 2.75) is 136 Å². The lowest BCUT2D eigenvalue weighted by Crippen LogP contribution is -2.29. The van der Waals surface area contributed by atoms with Crippen LogP contribution in [0.2, 0.25) is 0 Å². The van der Waals surface area contributed by atoms with Crippen molar-refractivity contribution < 1.29 is 37.6 Å². The summed E-state index contributed by atoms with van der Waals surface area (Å²) in [6.45, 7) is 3.49. The van der Waals surface area contributed by atoms with Crippen molar-refractivity contribution >= 4 is 19.8 Å². The number of rotatable bonds is 31. The Bertz CT molecular complexity index is 887. The highest BCUT2D eigenvalue weighted by molar-refractivity contribution is 7.47. The highest BCUT2D eigenvalue weighted by atomic mass is 31.2. The second kappa shape index (κ2) is 31.9. The maximum atomic E-state index is 12.4. The highest BCUT2D eigenvalue weighted by Crippen LogP contribution is 2.43. The van der Waals surface area contributed by atoms with E-state index in [-0.39, 0.29) is 32.6 Å². The van der Waals surface area contributed by atoms with Gasteiger partial charge in [0.2, 0.25) is 0 Å². The number of allylic oxidation sites excluding steroid dienone is 8. The molecule has 0 aromatic heterocycles. The Balaban J connectivity index is 4.41. The Kier molecular flexibility index (Phi) is 30.5. The Morgan fingerprint density at radius 1 is 0.689 bits per heavy atom. The number of unbranched alkanes of at least 4 members (excludes halogenated alkanes) is 10. The van der Waals surface area contributed by atoms with Crippen LogP contribution in [-0.2, 0) is 32.7 Å². The number of phosphoric acid groups is 1. The van der Waals surface area contributed by atoms with E-state index in [1.165, 1.54) is 51.4 Å². The minimum atomic E-state index is -4.38. The lowest BCUT2D eigenvalue weighted by molar-refractivity contribution is -0.161. The maximum Gasteiger partial charge on any atom is 0.472 e. The Morgan fingerprint density at radius 3 is 1.78 bits per heavy atom. The van der Waals surface area contributed by atoms with Crippen LogP contribution in [0.25, 0.3) is 0 Å². The van der Waals surface area contributed by atoms with Crippen LogP contribution in [0.15, 0.2) is 48.6 Å². The van der Waals surface area contributed by atoms with Gasteiger partial charge in [-0.25, -0.2) is 4.57 Å². The van der Waals surface area contributed by atoms with Gasteiger partial charge in [-0.1, -0.05) is 127 Å². The molecule has 45 heavy (non-hydrogen) atoms. The molecule has 0 spiro atoms. The summed E-state index contributed by atoms with van der Waals surface area (Å²) < 4.78 is 32.4. The zero-order valence-electron chi connectivity index (χ0n) is 28.1. The van der Waals surface area contributed by atoms with Gasteiger partial charge in [-0.05, 0) is 38.5 Å². The molecule has 9 nitrogen and oxygen atoms in total. The molecule has 0 radical (unpaired) electrons. The molecule has 0 aromatic carbocycles. The quantitative estimate of drug-likeness (QED) is 0.0325. The van der Waals surface area contributed by atoms with Gasteiger partial charge in [0.25, 0.3) is 0 Å². The summed E-state index contributed by atoms with van der Waals surface area (Å²) in [6, 6.07) is 0. The Morgan fingerprint density at radius 2 is 1.22 bits per heavy atom. The monoisotopic (exact) mass is 655 g/mol. The van der Waals surface area contributed by atoms with Crippen molar-refractivity contribution in [3.05, 3.63) is 48.6 Å². The average molecular weight is 656 g/mol. The molecule has 0 saturated carbocycles. The van der Waals surface area contributed by atoms with Crippen molar-refractivity contribution in [3.63, 3.8) is 0 Å². The lowest BCUT2D eigenvalue weighted by atomic mass is 10.1. The number of carbonyl (C=O) groups is 2. The number of carbonyl (C=O) groups excluding carboxylic acids is 2. The molecule has 10 heteroatoms. The highest BCUT2D eigenvalue weighted by Gasteiger charge is 2.25. The van der Waals surface area contributed by atoms with E-state index in [0.29, 0.717) is 6.42 Å². The molecule has 0 fully saturated rings. The summed E-state index contributed by atoms with van der Waals surface area (Å²) >= 11 is 0. The van der Waals surface area contributed by atoms with Gasteiger partial charge in [0.1, 0.15) is 6.61 Å². The first-order valence-corrected chi connectivity index (χ1v) is 18.6. The molecule has 0 amide bonds. The van der Waals surface area contributed by atoms with Crippen molar-refractivity contribution in [2.75, 3.05) is 26.4 Å². The molecule has 2 atom stereocenters. The third-order valence-corrected chi connectivity index (χ3v) is 7.73. The number of esters is 2. The van der Waals surface area contributed by atoms with Crippen LogP contribution < -0.4 is 5.73 Å². The SMILES string of the molecule is CC/C=C\C/C=C\C/C=C\C/C=C\CCC(=O)OC(COC(=O)CCCCCCCCCCCCC)COP(=O)(O)OCCN. The van der Waals surface area contributed by atoms with Crippen LogP contribution in [0.5, 0.6) is 0 Å². The van der Waals surface area contributed by atoms with Crippen molar-refractivity contribution in [3.8, 4) is 0 Å². The molecule has 260 valence electrons. The van der Waals surface area contributed by atoms with Gasteiger partial charge in [-0.2, -0.15) is 0 Å². The Hall–Kier alpha value is -2.03. The van der Waals surface area contributed by atoms with Crippen LogP contribution in [0.1, 0.15) is 129 Å². The fraction of sp³-hybridized carbons (Fsp3) is 0.714. The predicted molar refractivity (Wildman–Crippen MR) is 183 cm³/mol. The average Bonchev–Trinajstić information content (AvgIpc) is 3.02. The van der Waals surface area contributed by atoms with Crippen LogP contribution in [0, 0.1) is 0 Å². The van der Waals surface area contributed by atoms with Crippen LogP contribution in [0.3, 0.4) is 0 Å². The third kappa shape index (κ3) is 31.7. The third-order valence-electron chi connectivity index (χ3n) is 6.74. The fourth-order valence-electron chi connectivity index (χ4n) is 4.23. The first-order valence-electron chi connectivity index (χ1n) is 17.1. The van der Waals surface area contributed by atoms with Crippen LogP contribution in [-0.4, -0.2) is 49.3 Å². The maximum absolute atomic E-state index is 12.4. The van der Waals surface area contributed by atoms with Crippen LogP contribution >= 0.6 is 7.82 Å². The van der Waals surface area contributed by atoms with E-state index in [9.17, 15) is 19.0 Å². The predicted octanol–water partition coefficient (Wildman–Crippen LogP) is 8.82. The van der Waals surface area contributed by atoms with Crippen molar-refractivity contribution in [1.29, 1.82) is 0 Å². The molecule has 0 aromatic rings. The molecule has 3 N–H and O–H groups in total. The Labute approximate surface area is 273 Å². The second-order valence-electron chi connectivity index (χ2n) is 11.0. The summed E-state index contributed by atoms with van der Waals surface area (Å²) in [6.07, 6.45) is 33.1. The number of hydrogen-bond acceptors (Lipinski definition) is 8. The molecule has 0 aliphatic carbocycles. The molecule has 0 aliphatic rings. The number of nitrogens with two attached hydrogens (primary N) is 1. The summed E-state index contributed by atoms with van der Waals surface area (Å²) in [5, 5.41) is 0. The fourth-order valence-corrected chi connectivity index (χ4v) is 5.00. The molecule has 0 rings (SSSR count). The van der Waals surface area contributed by atoms with E-state index in [1.54, 1.807) is 0 Å². The molecule has 2 unspecified atom stereocenters. The molecular weight excluding hydrogens is 593 g/mol. The first kappa shape index (κ1) is 43.0. The summed E-state index contributed by atoms with van der Waals surface area (Å²) in [5.74, 6) is -0.929. The van der Waals surface area contributed by atoms with Gasteiger partial charge in [-0.15, -0.1) is 0 Å². The van der Waals surface area contributed by atoms with E-state index in [2.05, 4.69) is 50.3 Å². The van der Waals surface area contributed by atoms with E-state index < -0.39 is 32.5 Å². The smallest absolute Gasteiger partial charge is 0.462 e. The number of hydrogen-bond donors (Lipinski definition) is 2. The van der Waals surface area contributed by atoms with E-state index >= 15 is 0 Å². The molecule has 0 aliphatic heterocycles. The second-order valence-corrected chi connectivity index (χ2v) is 12.5. The van der Waals surface area contributed by atoms with E-state index in [0.717, 1.165) is 44.9 Å². The summed E-state index contributed by atoms with van der Waals surface area (Å²) in [7, 11) is -4.38. The summed E-state index contributed by atoms with van der Waals surface area (Å²) in [5.41, 5.74) is 5.31. The molecular formula is C35H62NO8P. The largest absolute Gasteiger partial charge is 0.472 e. The lowest BCUT2D eigenvalue weighted by Gasteiger charge is -2.19. The van der Waals surface area contributed by atoms with Crippen molar-refractivity contribution in [2.24, 2.45) is 5.73 Å². The first-order chi connectivity index (χ1) is 21.8. The van der Waals surface area contributed by atoms with Gasteiger partial charge in [0.05, 0.1) is 13.2 Å². The molecule has 0 heterocycles. The van der Waals surface area contributed by atoms with Gasteiger partial charge >= 0.3 is 19.8 Å². The molecule has 0 bridgehead atoms. The van der Waals surface area contributed by atoms with Gasteiger partial charge in [-0.3, -0.25) is 18.6 Å². The van der Waals surface area contributed by atoms with Crippen molar-refractivity contribution in [1.82, 2.24) is 0 Å². The number of ether oxygens (including phenoxy) is 2. The number of phosphoric ester groups is 1. The zero-order valence-corrected chi connectivity index (χ0v) is 29.0. The molecule has 0 saturated heterocycles. The van der Waals surface area contributed by atoms with Gasteiger partial charge in [0.15, 0.2) is 6.10 Å².